The summed E-state index contributed by atoms with van der Waals surface area (Å²) in [6, 6.07) is 1.80. The van der Waals surface area contributed by atoms with Gasteiger partial charge in [0.2, 0.25) is 0 Å². The molecule has 0 amide bonds. The Bertz CT molecular complexity index is 268. The number of hydrogen-bond donors (Lipinski definition) is 1. The third-order valence-corrected chi connectivity index (χ3v) is 5.15. The molecule has 3 aliphatic rings. The summed E-state index contributed by atoms with van der Waals surface area (Å²) in [6.07, 6.45) is 7.09. The highest BCUT2D eigenvalue weighted by atomic mass is 15.2. The van der Waals surface area contributed by atoms with Crippen molar-refractivity contribution >= 4 is 0 Å². The van der Waals surface area contributed by atoms with Gasteiger partial charge in [-0.3, -0.25) is 4.90 Å². The van der Waals surface area contributed by atoms with E-state index < -0.39 is 0 Å². The van der Waals surface area contributed by atoms with Crippen LogP contribution in [0.1, 0.15) is 39.0 Å². The van der Waals surface area contributed by atoms with Crippen LogP contribution < -0.4 is 5.32 Å². The number of nitrogens with one attached hydrogen (secondary N) is 1. The molecule has 3 rings (SSSR count). The van der Waals surface area contributed by atoms with Crippen LogP contribution in [0.5, 0.6) is 0 Å². The van der Waals surface area contributed by atoms with Gasteiger partial charge in [0.1, 0.15) is 0 Å². The van der Waals surface area contributed by atoms with Gasteiger partial charge in [-0.05, 0) is 70.7 Å². The monoisotopic (exact) mass is 251 g/mol. The van der Waals surface area contributed by atoms with Crippen molar-refractivity contribution in [3.63, 3.8) is 0 Å². The Morgan fingerprint density at radius 2 is 1.78 bits per heavy atom. The van der Waals surface area contributed by atoms with Crippen molar-refractivity contribution in [2.45, 2.75) is 51.1 Å². The van der Waals surface area contributed by atoms with E-state index >= 15 is 0 Å². The fraction of sp³-hybridized carbons (Fsp3) is 1.00. The molecular formula is C15H29N3. The lowest BCUT2D eigenvalue weighted by molar-refractivity contribution is 0.0731. The van der Waals surface area contributed by atoms with Gasteiger partial charge in [0.25, 0.3) is 0 Å². The smallest absolute Gasteiger partial charge is 0.0122 e. The van der Waals surface area contributed by atoms with Crippen molar-refractivity contribution in [2.24, 2.45) is 5.92 Å². The molecule has 0 radical (unpaired) electrons. The molecule has 0 aliphatic carbocycles. The number of nitrogens with zero attached hydrogens (tertiary/aromatic N) is 2. The van der Waals surface area contributed by atoms with Gasteiger partial charge in [-0.25, -0.2) is 0 Å². The molecule has 0 bridgehead atoms. The average Bonchev–Trinajstić information content (AvgIpc) is 2.80. The molecule has 0 spiro atoms. The van der Waals surface area contributed by atoms with Crippen LogP contribution in [-0.2, 0) is 0 Å². The first-order valence-corrected chi connectivity index (χ1v) is 8.02. The summed E-state index contributed by atoms with van der Waals surface area (Å²) in [5, 5.41) is 3.56. The van der Waals surface area contributed by atoms with Crippen molar-refractivity contribution in [1.29, 1.82) is 0 Å². The third-order valence-electron chi connectivity index (χ3n) is 5.15. The molecule has 0 aromatic heterocycles. The van der Waals surface area contributed by atoms with Crippen LogP contribution in [0, 0.1) is 5.92 Å². The summed E-state index contributed by atoms with van der Waals surface area (Å²) >= 11 is 0. The normalized spacial score (nSPS) is 40.2. The second-order valence-electron chi connectivity index (χ2n) is 6.67. The zero-order valence-corrected chi connectivity index (χ0v) is 11.9. The van der Waals surface area contributed by atoms with Crippen molar-refractivity contribution in [1.82, 2.24) is 15.1 Å². The molecule has 1 N–H and O–H groups in total. The van der Waals surface area contributed by atoms with Gasteiger partial charge >= 0.3 is 0 Å². The number of rotatable bonds is 1. The molecule has 3 heteroatoms. The maximum Gasteiger partial charge on any atom is 0.0122 e. The van der Waals surface area contributed by atoms with Gasteiger partial charge in [0.15, 0.2) is 0 Å². The molecule has 3 atom stereocenters. The molecule has 3 saturated heterocycles. The minimum Gasteiger partial charge on any atom is -0.316 e. The van der Waals surface area contributed by atoms with Crippen LogP contribution >= 0.6 is 0 Å². The Morgan fingerprint density at radius 1 is 0.944 bits per heavy atom. The van der Waals surface area contributed by atoms with Crippen LogP contribution in [0.4, 0.5) is 0 Å². The predicted molar refractivity (Wildman–Crippen MR) is 75.8 cm³/mol. The van der Waals surface area contributed by atoms with Gasteiger partial charge in [0.05, 0.1) is 0 Å². The molecule has 0 saturated carbocycles. The van der Waals surface area contributed by atoms with Crippen LogP contribution in [0.25, 0.3) is 0 Å². The SMILES string of the molecule is CC1CNCCCN(C2CCN3CCCC3C2)C1. The lowest BCUT2D eigenvalue weighted by atomic mass is 9.94. The predicted octanol–water partition coefficient (Wildman–Crippen LogP) is 1.54. The summed E-state index contributed by atoms with van der Waals surface area (Å²) < 4.78 is 0. The summed E-state index contributed by atoms with van der Waals surface area (Å²) in [5.41, 5.74) is 0. The highest BCUT2D eigenvalue weighted by molar-refractivity contribution is 4.91. The third kappa shape index (κ3) is 2.89. The van der Waals surface area contributed by atoms with E-state index in [9.17, 15) is 0 Å². The van der Waals surface area contributed by atoms with E-state index in [-0.39, 0.29) is 0 Å². The summed E-state index contributed by atoms with van der Waals surface area (Å²) in [7, 11) is 0. The first-order valence-electron chi connectivity index (χ1n) is 8.02. The first kappa shape index (κ1) is 12.9. The van der Waals surface area contributed by atoms with E-state index in [0.29, 0.717) is 0 Å². The molecule has 3 unspecified atom stereocenters. The van der Waals surface area contributed by atoms with E-state index in [2.05, 4.69) is 22.0 Å². The second kappa shape index (κ2) is 5.89. The minimum atomic E-state index is 0.812. The Labute approximate surface area is 112 Å². The Kier molecular flexibility index (Phi) is 4.22. The molecule has 0 aromatic rings. The van der Waals surface area contributed by atoms with E-state index in [1.165, 1.54) is 71.4 Å². The van der Waals surface area contributed by atoms with E-state index in [1.54, 1.807) is 0 Å². The summed E-state index contributed by atoms with van der Waals surface area (Å²) in [4.78, 5) is 5.56. The number of piperidine rings is 1. The molecule has 0 aromatic carbocycles. The average molecular weight is 251 g/mol. The van der Waals surface area contributed by atoms with E-state index in [4.69, 9.17) is 0 Å². The summed E-state index contributed by atoms with van der Waals surface area (Å²) in [5.74, 6) is 0.812. The zero-order valence-electron chi connectivity index (χ0n) is 11.9. The number of hydrogen-bond acceptors (Lipinski definition) is 3. The molecule has 104 valence electrons. The van der Waals surface area contributed by atoms with E-state index in [0.717, 1.165) is 18.0 Å². The Balaban J connectivity index is 1.58. The highest BCUT2D eigenvalue weighted by Gasteiger charge is 2.34. The van der Waals surface area contributed by atoms with Crippen LogP contribution in [0.15, 0.2) is 0 Å². The zero-order chi connectivity index (χ0) is 12.4. The molecule has 3 aliphatic heterocycles. The van der Waals surface area contributed by atoms with Crippen LogP contribution in [0.3, 0.4) is 0 Å². The second-order valence-corrected chi connectivity index (χ2v) is 6.67. The molecule has 3 heterocycles. The first-order chi connectivity index (χ1) is 8.83. The summed E-state index contributed by atoms with van der Waals surface area (Å²) in [6.45, 7) is 10.2. The van der Waals surface area contributed by atoms with E-state index in [1.807, 2.05) is 0 Å². The van der Waals surface area contributed by atoms with Crippen LogP contribution in [0.2, 0.25) is 0 Å². The quantitative estimate of drug-likeness (QED) is 0.763. The molecule has 3 nitrogen and oxygen atoms in total. The molecular weight excluding hydrogens is 222 g/mol. The molecule has 18 heavy (non-hydrogen) atoms. The maximum atomic E-state index is 3.56. The lowest BCUT2D eigenvalue weighted by Crippen LogP contribution is -2.50. The highest BCUT2D eigenvalue weighted by Crippen LogP contribution is 2.29. The lowest BCUT2D eigenvalue weighted by Gasteiger charge is -2.42. The Hall–Kier alpha value is -0.120. The van der Waals surface area contributed by atoms with Gasteiger partial charge in [-0.15, -0.1) is 0 Å². The fourth-order valence-corrected chi connectivity index (χ4v) is 4.18. The number of fused-ring (bicyclic) bond motifs is 1. The van der Waals surface area contributed by atoms with Crippen molar-refractivity contribution < 1.29 is 0 Å². The van der Waals surface area contributed by atoms with Crippen LogP contribution in [-0.4, -0.2) is 61.2 Å². The standard InChI is InChI=1S/C15H29N3/c1-13-11-16-6-3-8-18(12-13)15-5-9-17-7-2-4-14(17)10-15/h13-16H,2-12H2,1H3. The topological polar surface area (TPSA) is 18.5 Å². The van der Waals surface area contributed by atoms with Gasteiger partial charge in [-0.2, -0.15) is 0 Å². The van der Waals surface area contributed by atoms with Gasteiger partial charge in [0, 0.05) is 18.6 Å². The Morgan fingerprint density at radius 3 is 2.72 bits per heavy atom. The fourth-order valence-electron chi connectivity index (χ4n) is 4.18. The maximum absolute atomic E-state index is 3.56. The van der Waals surface area contributed by atoms with Gasteiger partial charge in [-0.1, -0.05) is 6.92 Å². The minimum absolute atomic E-state index is 0.812. The van der Waals surface area contributed by atoms with Gasteiger partial charge < -0.3 is 10.2 Å². The van der Waals surface area contributed by atoms with Crippen molar-refractivity contribution in [3.05, 3.63) is 0 Å². The van der Waals surface area contributed by atoms with Crippen molar-refractivity contribution in [2.75, 3.05) is 39.3 Å². The largest absolute Gasteiger partial charge is 0.316 e. The molecule has 3 fully saturated rings. The van der Waals surface area contributed by atoms with Crippen molar-refractivity contribution in [3.8, 4) is 0 Å².